The van der Waals surface area contributed by atoms with Crippen LogP contribution in [-0.4, -0.2) is 45.9 Å². The second-order valence-electron chi connectivity index (χ2n) is 7.06. The molecule has 2 N–H and O–H groups in total. The maximum atomic E-state index is 12.6. The standard InChI is InChI=1S/C22H27F3N4O/c1-26-21(27-11-10-17-2-6-19(7-3-17)22(23,24)25)28-16-18-4-8-20(9-5-18)29-12-14-30-15-13-29/h2-9H,10-16H2,1H3,(H2,26,27,28). The van der Waals surface area contributed by atoms with Crippen LogP contribution in [0.5, 0.6) is 0 Å². The van der Waals surface area contributed by atoms with Crippen molar-refractivity contribution in [3.05, 3.63) is 65.2 Å². The number of ether oxygens (including phenoxy) is 1. The van der Waals surface area contributed by atoms with Gasteiger partial charge in [-0.2, -0.15) is 13.2 Å². The number of anilines is 1. The third-order valence-electron chi connectivity index (χ3n) is 4.98. The zero-order chi connectivity index (χ0) is 21.4. The van der Waals surface area contributed by atoms with Crippen LogP contribution in [0.15, 0.2) is 53.5 Å². The highest BCUT2D eigenvalue weighted by Gasteiger charge is 2.29. The van der Waals surface area contributed by atoms with Crippen molar-refractivity contribution in [1.82, 2.24) is 10.6 Å². The van der Waals surface area contributed by atoms with Crippen molar-refractivity contribution >= 4 is 11.6 Å². The Hall–Kier alpha value is -2.74. The van der Waals surface area contributed by atoms with Gasteiger partial charge in [0.15, 0.2) is 5.96 Å². The molecule has 30 heavy (non-hydrogen) atoms. The summed E-state index contributed by atoms with van der Waals surface area (Å²) in [6, 6.07) is 13.7. The van der Waals surface area contributed by atoms with Crippen molar-refractivity contribution < 1.29 is 17.9 Å². The van der Waals surface area contributed by atoms with Gasteiger partial charge in [-0.25, -0.2) is 0 Å². The Morgan fingerprint density at radius 3 is 2.20 bits per heavy atom. The highest BCUT2D eigenvalue weighted by atomic mass is 19.4. The lowest BCUT2D eigenvalue weighted by molar-refractivity contribution is -0.137. The number of nitrogens with zero attached hydrogens (tertiary/aromatic N) is 2. The molecule has 1 heterocycles. The fourth-order valence-corrected chi connectivity index (χ4v) is 3.24. The molecule has 0 saturated carbocycles. The van der Waals surface area contributed by atoms with Crippen molar-refractivity contribution in [2.45, 2.75) is 19.1 Å². The van der Waals surface area contributed by atoms with Gasteiger partial charge in [-0.15, -0.1) is 0 Å². The van der Waals surface area contributed by atoms with Gasteiger partial charge in [0.25, 0.3) is 0 Å². The predicted molar refractivity (Wildman–Crippen MR) is 113 cm³/mol. The van der Waals surface area contributed by atoms with Gasteiger partial charge in [0.2, 0.25) is 0 Å². The number of alkyl halides is 3. The first-order chi connectivity index (χ1) is 14.5. The Labute approximate surface area is 174 Å². The smallest absolute Gasteiger partial charge is 0.378 e. The number of benzene rings is 2. The first-order valence-corrected chi connectivity index (χ1v) is 9.98. The van der Waals surface area contributed by atoms with Gasteiger partial charge in [0, 0.05) is 38.9 Å². The van der Waals surface area contributed by atoms with E-state index in [1.54, 1.807) is 7.05 Å². The van der Waals surface area contributed by atoms with Crippen LogP contribution in [0.1, 0.15) is 16.7 Å². The maximum Gasteiger partial charge on any atom is 0.416 e. The van der Waals surface area contributed by atoms with E-state index in [4.69, 9.17) is 4.74 Å². The summed E-state index contributed by atoms with van der Waals surface area (Å²) >= 11 is 0. The van der Waals surface area contributed by atoms with Crippen molar-refractivity contribution in [2.24, 2.45) is 4.99 Å². The number of hydrogen-bond donors (Lipinski definition) is 2. The topological polar surface area (TPSA) is 48.9 Å². The lowest BCUT2D eigenvalue weighted by atomic mass is 10.1. The minimum atomic E-state index is -4.30. The molecule has 0 bridgehead atoms. The van der Waals surface area contributed by atoms with Gasteiger partial charge in [0.1, 0.15) is 0 Å². The highest BCUT2D eigenvalue weighted by molar-refractivity contribution is 5.79. The van der Waals surface area contributed by atoms with E-state index in [9.17, 15) is 13.2 Å². The normalized spacial score (nSPS) is 15.2. The molecule has 1 saturated heterocycles. The third-order valence-corrected chi connectivity index (χ3v) is 4.98. The molecule has 5 nitrogen and oxygen atoms in total. The lowest BCUT2D eigenvalue weighted by Gasteiger charge is -2.28. The summed E-state index contributed by atoms with van der Waals surface area (Å²) in [6.45, 7) is 4.54. The number of guanidine groups is 1. The molecule has 162 valence electrons. The van der Waals surface area contributed by atoms with Crippen LogP contribution in [0.4, 0.5) is 18.9 Å². The monoisotopic (exact) mass is 420 g/mol. The summed E-state index contributed by atoms with van der Waals surface area (Å²) in [5.41, 5.74) is 2.54. The number of halogens is 3. The van der Waals surface area contributed by atoms with Crippen LogP contribution in [0.3, 0.4) is 0 Å². The van der Waals surface area contributed by atoms with E-state index in [0.717, 1.165) is 49.6 Å². The number of morpholine rings is 1. The third kappa shape index (κ3) is 6.38. The molecule has 1 fully saturated rings. The van der Waals surface area contributed by atoms with E-state index < -0.39 is 11.7 Å². The van der Waals surface area contributed by atoms with Gasteiger partial charge in [0.05, 0.1) is 18.8 Å². The molecule has 8 heteroatoms. The van der Waals surface area contributed by atoms with Crippen LogP contribution in [0, 0.1) is 0 Å². The van der Waals surface area contributed by atoms with Gasteiger partial charge in [-0.05, 0) is 41.8 Å². The second kappa shape index (κ2) is 10.3. The molecule has 0 unspecified atom stereocenters. The predicted octanol–water partition coefficient (Wildman–Crippen LogP) is 3.45. The van der Waals surface area contributed by atoms with E-state index in [1.807, 2.05) is 0 Å². The molecule has 3 rings (SSSR count). The zero-order valence-electron chi connectivity index (χ0n) is 17.0. The van der Waals surface area contributed by atoms with E-state index in [0.29, 0.717) is 25.5 Å². The SMILES string of the molecule is CN=C(NCCc1ccc(C(F)(F)F)cc1)NCc1ccc(N2CCOCC2)cc1. The van der Waals surface area contributed by atoms with Gasteiger partial charge in [-0.1, -0.05) is 24.3 Å². The largest absolute Gasteiger partial charge is 0.416 e. The van der Waals surface area contributed by atoms with Gasteiger partial charge >= 0.3 is 6.18 Å². The fraction of sp³-hybridized carbons (Fsp3) is 0.409. The quantitative estimate of drug-likeness (QED) is 0.555. The Morgan fingerprint density at radius 1 is 0.967 bits per heavy atom. The zero-order valence-corrected chi connectivity index (χ0v) is 17.0. The van der Waals surface area contributed by atoms with E-state index >= 15 is 0 Å². The van der Waals surface area contributed by atoms with E-state index in [-0.39, 0.29) is 0 Å². The first-order valence-electron chi connectivity index (χ1n) is 9.98. The molecule has 0 spiro atoms. The Morgan fingerprint density at radius 2 is 1.60 bits per heavy atom. The molecule has 0 radical (unpaired) electrons. The Bertz CT molecular complexity index is 814. The minimum Gasteiger partial charge on any atom is -0.378 e. The van der Waals surface area contributed by atoms with E-state index in [1.165, 1.54) is 17.8 Å². The number of rotatable bonds is 6. The van der Waals surface area contributed by atoms with Crippen LogP contribution in [0.25, 0.3) is 0 Å². The average molecular weight is 420 g/mol. The summed E-state index contributed by atoms with van der Waals surface area (Å²) in [5, 5.41) is 6.45. The van der Waals surface area contributed by atoms with Crippen LogP contribution >= 0.6 is 0 Å². The molecule has 2 aromatic carbocycles. The summed E-state index contributed by atoms with van der Waals surface area (Å²) in [7, 11) is 1.69. The van der Waals surface area contributed by atoms with Crippen LogP contribution < -0.4 is 15.5 Å². The Balaban J connectivity index is 1.42. The fourth-order valence-electron chi connectivity index (χ4n) is 3.24. The Kier molecular flexibility index (Phi) is 7.57. The molecule has 2 aromatic rings. The summed E-state index contributed by atoms with van der Waals surface area (Å²) in [5.74, 6) is 0.652. The molecular weight excluding hydrogens is 393 g/mol. The lowest BCUT2D eigenvalue weighted by Crippen LogP contribution is -2.38. The number of nitrogens with one attached hydrogen (secondary N) is 2. The van der Waals surface area contributed by atoms with Crippen molar-refractivity contribution in [3.63, 3.8) is 0 Å². The van der Waals surface area contributed by atoms with Crippen molar-refractivity contribution in [1.29, 1.82) is 0 Å². The summed E-state index contributed by atoms with van der Waals surface area (Å²) < 4.78 is 43.2. The minimum absolute atomic E-state index is 0.570. The highest BCUT2D eigenvalue weighted by Crippen LogP contribution is 2.29. The molecule has 0 aliphatic carbocycles. The maximum absolute atomic E-state index is 12.6. The second-order valence-corrected chi connectivity index (χ2v) is 7.06. The number of aliphatic imine (C=N–C) groups is 1. The molecule has 0 aromatic heterocycles. The van der Waals surface area contributed by atoms with Gasteiger partial charge < -0.3 is 20.3 Å². The van der Waals surface area contributed by atoms with Crippen molar-refractivity contribution in [3.8, 4) is 0 Å². The van der Waals surface area contributed by atoms with Crippen LogP contribution in [-0.2, 0) is 23.9 Å². The van der Waals surface area contributed by atoms with Crippen LogP contribution in [0.2, 0.25) is 0 Å². The molecule has 1 aliphatic rings. The van der Waals surface area contributed by atoms with Gasteiger partial charge in [-0.3, -0.25) is 4.99 Å². The molecule has 0 amide bonds. The molecule has 0 atom stereocenters. The summed E-state index contributed by atoms with van der Waals surface area (Å²) in [4.78, 5) is 6.50. The first kappa shape index (κ1) is 22.0. The van der Waals surface area contributed by atoms with Crippen molar-refractivity contribution in [2.75, 3.05) is 44.8 Å². The average Bonchev–Trinajstić information content (AvgIpc) is 2.77. The van der Waals surface area contributed by atoms with E-state index in [2.05, 4.69) is 44.8 Å². The number of hydrogen-bond acceptors (Lipinski definition) is 3. The summed E-state index contributed by atoms with van der Waals surface area (Å²) in [6.07, 6.45) is -3.70. The molecule has 1 aliphatic heterocycles. The molecular formula is C22H27F3N4O.